The van der Waals surface area contributed by atoms with Gasteiger partial charge in [-0.15, -0.1) is 0 Å². The summed E-state index contributed by atoms with van der Waals surface area (Å²) in [6, 6.07) is 11.4. The molecule has 0 fully saturated rings. The molecule has 34 heavy (non-hydrogen) atoms. The van der Waals surface area contributed by atoms with Crippen molar-refractivity contribution in [3.63, 3.8) is 0 Å². The largest absolute Gasteiger partial charge is 0.496 e. The Morgan fingerprint density at radius 1 is 1.15 bits per heavy atom. The molecule has 0 aromatic heterocycles. The molecule has 2 aromatic rings. The molecule has 1 N–H and O–H groups in total. The van der Waals surface area contributed by atoms with Crippen LogP contribution in [-0.2, 0) is 20.9 Å². The number of carbonyl (C=O) groups excluding carboxylic acids is 2. The van der Waals surface area contributed by atoms with Crippen molar-refractivity contribution in [2.45, 2.75) is 45.6 Å². The Morgan fingerprint density at radius 3 is 2.62 bits per heavy atom. The first-order valence-corrected chi connectivity index (χ1v) is 11.4. The van der Waals surface area contributed by atoms with Gasteiger partial charge in [0, 0.05) is 34.9 Å². The lowest BCUT2D eigenvalue weighted by Crippen LogP contribution is -2.34. The lowest BCUT2D eigenvalue weighted by molar-refractivity contribution is -0.138. The highest BCUT2D eigenvalue weighted by molar-refractivity contribution is 6.03. The number of benzene rings is 2. The number of esters is 1. The molecule has 2 aliphatic rings. The Bertz CT molecular complexity index is 1170. The first-order chi connectivity index (χ1) is 16.4. The molecule has 4 rings (SSSR count). The number of methoxy groups -OCH3 is 1. The lowest BCUT2D eigenvalue weighted by Gasteiger charge is -2.34. The van der Waals surface area contributed by atoms with Gasteiger partial charge in [-0.3, -0.25) is 4.79 Å². The molecule has 0 saturated heterocycles. The van der Waals surface area contributed by atoms with Gasteiger partial charge in [0.1, 0.15) is 23.9 Å². The first-order valence-electron chi connectivity index (χ1n) is 11.4. The summed E-state index contributed by atoms with van der Waals surface area (Å²) in [6.07, 6.45) is 1.99. The number of hydrogen-bond acceptors (Lipinski definition) is 6. The van der Waals surface area contributed by atoms with E-state index in [2.05, 4.69) is 5.32 Å². The van der Waals surface area contributed by atoms with Gasteiger partial charge in [-0.2, -0.15) is 0 Å². The minimum absolute atomic E-state index is 0.0377. The van der Waals surface area contributed by atoms with Crippen molar-refractivity contribution in [1.82, 2.24) is 5.32 Å². The monoisotopic (exact) mass is 465 g/mol. The predicted molar refractivity (Wildman–Crippen MR) is 125 cm³/mol. The summed E-state index contributed by atoms with van der Waals surface area (Å²) >= 11 is 0. The zero-order chi connectivity index (χ0) is 24.2. The van der Waals surface area contributed by atoms with E-state index in [1.165, 1.54) is 12.1 Å². The Morgan fingerprint density at radius 2 is 1.91 bits per heavy atom. The minimum atomic E-state index is -0.538. The van der Waals surface area contributed by atoms with Crippen LogP contribution in [0.3, 0.4) is 0 Å². The third-order valence-corrected chi connectivity index (χ3v) is 6.12. The molecule has 178 valence electrons. The summed E-state index contributed by atoms with van der Waals surface area (Å²) in [5.74, 6) is -0.158. The van der Waals surface area contributed by atoms with Gasteiger partial charge in [-0.25, -0.2) is 9.18 Å². The molecule has 0 radical (unpaired) electrons. The zero-order valence-electron chi connectivity index (χ0n) is 19.6. The molecule has 0 spiro atoms. The van der Waals surface area contributed by atoms with Crippen LogP contribution in [0.25, 0.3) is 0 Å². The summed E-state index contributed by atoms with van der Waals surface area (Å²) in [5, 5.41) is 3.28. The lowest BCUT2D eigenvalue weighted by atomic mass is 9.75. The average molecular weight is 466 g/mol. The summed E-state index contributed by atoms with van der Waals surface area (Å²) in [6.45, 7) is 4.05. The number of carbonyl (C=O) groups is 2. The molecular weight excluding hydrogens is 437 g/mol. The highest BCUT2D eigenvalue weighted by atomic mass is 19.1. The SMILES string of the molecule is CCOC(=O)C1=C(C)NC2=C(C(=O)CCC2)[C@H]1c1ccc(COc2ccc(F)cc2)c(OC)c1. The van der Waals surface area contributed by atoms with Gasteiger partial charge in [0.25, 0.3) is 0 Å². The number of dihydropyridines is 1. The van der Waals surface area contributed by atoms with Crippen LogP contribution in [-0.4, -0.2) is 25.5 Å². The molecule has 0 bridgehead atoms. The Balaban J connectivity index is 1.71. The van der Waals surface area contributed by atoms with Crippen LogP contribution in [0.4, 0.5) is 4.39 Å². The van der Waals surface area contributed by atoms with E-state index >= 15 is 0 Å². The summed E-state index contributed by atoms with van der Waals surface area (Å²) < 4.78 is 29.9. The number of ketones is 1. The van der Waals surface area contributed by atoms with Gasteiger partial charge in [0.15, 0.2) is 5.78 Å². The molecular formula is C27H28FNO5. The molecule has 0 unspecified atom stereocenters. The van der Waals surface area contributed by atoms with Gasteiger partial charge in [0.2, 0.25) is 0 Å². The fourth-order valence-corrected chi connectivity index (χ4v) is 4.55. The number of Topliss-reactive ketones (excluding diaryl/α,β-unsaturated/α-hetero) is 1. The number of nitrogens with one attached hydrogen (secondary N) is 1. The highest BCUT2D eigenvalue weighted by Gasteiger charge is 2.39. The van der Waals surface area contributed by atoms with Crippen molar-refractivity contribution in [1.29, 1.82) is 0 Å². The van der Waals surface area contributed by atoms with Crippen LogP contribution in [0.2, 0.25) is 0 Å². The second-order valence-corrected chi connectivity index (χ2v) is 8.30. The van der Waals surface area contributed by atoms with E-state index in [1.807, 2.05) is 25.1 Å². The fourth-order valence-electron chi connectivity index (χ4n) is 4.55. The molecule has 1 aliphatic carbocycles. The van der Waals surface area contributed by atoms with E-state index in [0.29, 0.717) is 34.8 Å². The van der Waals surface area contributed by atoms with Crippen LogP contribution < -0.4 is 14.8 Å². The van der Waals surface area contributed by atoms with Crippen molar-refractivity contribution >= 4 is 11.8 Å². The van der Waals surface area contributed by atoms with Crippen molar-refractivity contribution in [3.8, 4) is 11.5 Å². The maximum absolute atomic E-state index is 13.2. The van der Waals surface area contributed by atoms with Gasteiger partial charge < -0.3 is 19.5 Å². The Labute approximate surface area is 198 Å². The maximum Gasteiger partial charge on any atom is 0.336 e. The quantitative estimate of drug-likeness (QED) is 0.584. The summed E-state index contributed by atoms with van der Waals surface area (Å²) in [4.78, 5) is 25.9. The van der Waals surface area contributed by atoms with Crippen LogP contribution in [0, 0.1) is 5.82 Å². The van der Waals surface area contributed by atoms with E-state index < -0.39 is 11.9 Å². The smallest absolute Gasteiger partial charge is 0.336 e. The Hall–Kier alpha value is -3.61. The topological polar surface area (TPSA) is 73.9 Å². The second-order valence-electron chi connectivity index (χ2n) is 8.30. The molecule has 2 aromatic carbocycles. The van der Waals surface area contributed by atoms with Crippen molar-refractivity contribution in [2.75, 3.05) is 13.7 Å². The fraction of sp³-hybridized carbons (Fsp3) is 0.333. The van der Waals surface area contributed by atoms with Crippen molar-refractivity contribution in [2.24, 2.45) is 0 Å². The van der Waals surface area contributed by atoms with Gasteiger partial charge in [-0.1, -0.05) is 12.1 Å². The van der Waals surface area contributed by atoms with E-state index in [1.54, 1.807) is 26.2 Å². The predicted octanol–water partition coefficient (Wildman–Crippen LogP) is 4.94. The van der Waals surface area contributed by atoms with E-state index in [9.17, 15) is 14.0 Å². The molecule has 0 saturated carbocycles. The maximum atomic E-state index is 13.2. The summed E-state index contributed by atoms with van der Waals surface area (Å²) in [7, 11) is 1.56. The van der Waals surface area contributed by atoms with Crippen LogP contribution in [0.1, 0.15) is 50.2 Å². The van der Waals surface area contributed by atoms with E-state index in [-0.39, 0.29) is 24.8 Å². The van der Waals surface area contributed by atoms with Crippen LogP contribution in [0.15, 0.2) is 65.0 Å². The minimum Gasteiger partial charge on any atom is -0.496 e. The van der Waals surface area contributed by atoms with Gasteiger partial charge in [0.05, 0.1) is 19.3 Å². The summed E-state index contributed by atoms with van der Waals surface area (Å²) in [5.41, 5.74) is 4.18. The standard InChI is InChI=1S/C27H28FNO5/c1-4-33-27(31)24-16(2)29-21-6-5-7-22(30)26(21)25(24)17-8-9-18(23(14-17)32-3)15-34-20-12-10-19(28)11-13-20/h8-14,25,29H,4-7,15H2,1-3H3/t25-/m0/s1. The van der Waals surface area contributed by atoms with Crippen LogP contribution in [0.5, 0.6) is 11.5 Å². The third kappa shape index (κ3) is 4.69. The number of halogens is 1. The number of hydrogen-bond donors (Lipinski definition) is 1. The number of rotatable bonds is 7. The number of ether oxygens (including phenoxy) is 3. The molecule has 0 amide bonds. The van der Waals surface area contributed by atoms with Gasteiger partial charge in [-0.05, 0) is 62.6 Å². The van der Waals surface area contributed by atoms with Crippen LogP contribution >= 0.6 is 0 Å². The molecule has 7 heteroatoms. The molecule has 6 nitrogen and oxygen atoms in total. The Kier molecular flexibility index (Phi) is 7.01. The second kappa shape index (κ2) is 10.1. The molecule has 1 atom stereocenters. The average Bonchev–Trinajstić information content (AvgIpc) is 2.83. The highest BCUT2D eigenvalue weighted by Crippen LogP contribution is 2.43. The first kappa shape index (κ1) is 23.5. The van der Waals surface area contributed by atoms with E-state index in [0.717, 1.165) is 29.7 Å². The van der Waals surface area contributed by atoms with Crippen molar-refractivity contribution < 1.29 is 28.2 Å². The zero-order valence-corrected chi connectivity index (χ0v) is 19.6. The normalized spacial score (nSPS) is 17.8. The third-order valence-electron chi connectivity index (χ3n) is 6.12. The van der Waals surface area contributed by atoms with Gasteiger partial charge >= 0.3 is 5.97 Å². The number of allylic oxidation sites excluding steroid dienone is 3. The molecule has 1 heterocycles. The molecule has 1 aliphatic heterocycles. The van der Waals surface area contributed by atoms with Crippen molar-refractivity contribution in [3.05, 3.63) is 81.9 Å². The van der Waals surface area contributed by atoms with E-state index in [4.69, 9.17) is 14.2 Å².